The van der Waals surface area contributed by atoms with Crippen LogP contribution in [0.5, 0.6) is 5.75 Å². The highest BCUT2D eigenvalue weighted by atomic mass is 32.2. The fourth-order valence-corrected chi connectivity index (χ4v) is 4.65. The first-order valence-electron chi connectivity index (χ1n) is 10.3. The number of nitrogens with one attached hydrogen (secondary N) is 1. The maximum Gasteiger partial charge on any atom is 0.422 e. The molecule has 0 atom stereocenters. The van der Waals surface area contributed by atoms with Crippen molar-refractivity contribution in [3.63, 3.8) is 0 Å². The van der Waals surface area contributed by atoms with Gasteiger partial charge in [-0.05, 0) is 48.7 Å². The Bertz CT molecular complexity index is 1070. The summed E-state index contributed by atoms with van der Waals surface area (Å²) >= 11 is 0. The number of alkyl halides is 3. The van der Waals surface area contributed by atoms with Gasteiger partial charge >= 0.3 is 6.18 Å². The Balaban J connectivity index is 1.58. The van der Waals surface area contributed by atoms with Crippen LogP contribution in [0, 0.1) is 6.92 Å². The number of aryl methyl sites for hydroxylation is 2. The molecule has 3 rings (SSSR count). The monoisotopic (exact) mass is 486 g/mol. The van der Waals surface area contributed by atoms with E-state index >= 15 is 0 Å². The number of rotatable bonds is 8. The number of anilines is 1. The van der Waals surface area contributed by atoms with E-state index in [0.717, 1.165) is 5.56 Å². The van der Waals surface area contributed by atoms with Crippen LogP contribution in [0.15, 0.2) is 47.4 Å². The molecule has 0 radical (unpaired) electrons. The van der Waals surface area contributed by atoms with E-state index in [1.54, 1.807) is 25.1 Å². The van der Waals surface area contributed by atoms with Gasteiger partial charge in [0.25, 0.3) is 0 Å². The van der Waals surface area contributed by atoms with Gasteiger partial charge in [-0.15, -0.1) is 0 Å². The second-order valence-corrected chi connectivity index (χ2v) is 9.55. The van der Waals surface area contributed by atoms with Gasteiger partial charge in [-0.25, -0.2) is 8.42 Å². The van der Waals surface area contributed by atoms with Gasteiger partial charge in [-0.2, -0.15) is 17.5 Å². The van der Waals surface area contributed by atoms with Crippen molar-refractivity contribution >= 4 is 21.6 Å². The minimum atomic E-state index is -4.49. The summed E-state index contributed by atoms with van der Waals surface area (Å²) in [5.41, 5.74) is 1.60. The lowest BCUT2D eigenvalue weighted by molar-refractivity contribution is -0.153. The van der Waals surface area contributed by atoms with E-state index in [1.165, 1.54) is 28.6 Å². The minimum Gasteiger partial charge on any atom is -0.482 e. The fraction of sp³-hybridized carbons (Fsp3) is 0.409. The van der Waals surface area contributed by atoms with E-state index in [1.807, 2.05) is 0 Å². The molecule has 2 aromatic rings. The van der Waals surface area contributed by atoms with Crippen molar-refractivity contribution in [3.8, 4) is 5.75 Å². The Morgan fingerprint density at radius 1 is 1.12 bits per heavy atom. The van der Waals surface area contributed by atoms with Crippen molar-refractivity contribution in [1.82, 2.24) is 4.31 Å². The zero-order valence-electron chi connectivity index (χ0n) is 18.0. The van der Waals surface area contributed by atoms with Crippen molar-refractivity contribution in [2.75, 3.05) is 38.2 Å². The number of carbonyl (C=O) groups excluding carboxylic acids is 1. The topological polar surface area (TPSA) is 84.9 Å². The van der Waals surface area contributed by atoms with Crippen molar-refractivity contribution in [2.24, 2.45) is 0 Å². The second kappa shape index (κ2) is 10.5. The molecule has 1 aliphatic rings. The average Bonchev–Trinajstić information content (AvgIpc) is 2.78. The summed E-state index contributed by atoms with van der Waals surface area (Å²) in [6.45, 7) is 1.57. The van der Waals surface area contributed by atoms with Crippen LogP contribution in [0.2, 0.25) is 0 Å². The molecule has 1 heterocycles. The molecule has 7 nitrogen and oxygen atoms in total. The quantitative estimate of drug-likeness (QED) is 0.617. The summed E-state index contributed by atoms with van der Waals surface area (Å²) in [4.78, 5) is 12.5. The van der Waals surface area contributed by atoms with Crippen molar-refractivity contribution in [1.29, 1.82) is 0 Å². The fourth-order valence-electron chi connectivity index (χ4n) is 3.25. The highest BCUT2D eigenvalue weighted by molar-refractivity contribution is 7.89. The number of sulfonamides is 1. The summed E-state index contributed by atoms with van der Waals surface area (Å²) in [5, 5.41) is 2.58. The van der Waals surface area contributed by atoms with Gasteiger partial charge < -0.3 is 14.8 Å². The molecule has 0 bridgehead atoms. The van der Waals surface area contributed by atoms with Crippen LogP contribution in [0.4, 0.5) is 18.9 Å². The smallest absolute Gasteiger partial charge is 0.422 e. The Hall–Kier alpha value is -2.63. The first-order chi connectivity index (χ1) is 15.5. The first kappa shape index (κ1) is 25.0. The number of halogens is 3. The molecule has 0 aliphatic carbocycles. The number of amides is 1. The van der Waals surface area contributed by atoms with Gasteiger partial charge in [0, 0.05) is 19.5 Å². The van der Waals surface area contributed by atoms with Crippen LogP contribution in [0.1, 0.15) is 17.5 Å². The zero-order valence-corrected chi connectivity index (χ0v) is 18.8. The number of carbonyl (C=O) groups is 1. The van der Waals surface area contributed by atoms with Gasteiger partial charge in [-0.3, -0.25) is 4.79 Å². The summed E-state index contributed by atoms with van der Waals surface area (Å²) in [6.07, 6.45) is -4.11. The van der Waals surface area contributed by atoms with Crippen molar-refractivity contribution < 1.29 is 35.9 Å². The normalized spacial score (nSPS) is 15.3. The standard InChI is InChI=1S/C22H25F3N2O5S/c1-16-2-8-19(20(14-16)32-15-22(23,24)25)26-21(28)9-5-17-3-6-18(7-4-17)33(29,30)27-10-12-31-13-11-27/h2-4,6-8,14H,5,9-13,15H2,1H3,(H,26,28). The molecule has 1 saturated heterocycles. The molecule has 0 aromatic heterocycles. The summed E-state index contributed by atoms with van der Waals surface area (Å²) in [5.74, 6) is -0.459. The highest BCUT2D eigenvalue weighted by Gasteiger charge is 2.29. The van der Waals surface area contributed by atoms with Crippen LogP contribution in [-0.2, 0) is 26.0 Å². The SMILES string of the molecule is Cc1ccc(NC(=O)CCc2ccc(S(=O)(=O)N3CCOCC3)cc2)c(OCC(F)(F)F)c1. The predicted molar refractivity (Wildman–Crippen MR) is 116 cm³/mol. The van der Waals surface area contributed by atoms with E-state index in [4.69, 9.17) is 9.47 Å². The summed E-state index contributed by atoms with van der Waals surface area (Å²) in [6, 6.07) is 10.9. The molecular weight excluding hydrogens is 461 g/mol. The third-order valence-corrected chi connectivity index (χ3v) is 6.89. The third kappa shape index (κ3) is 7.18. The number of ether oxygens (including phenoxy) is 2. The van der Waals surface area contributed by atoms with E-state index in [0.29, 0.717) is 38.3 Å². The van der Waals surface area contributed by atoms with Gasteiger partial charge in [0.05, 0.1) is 23.8 Å². The van der Waals surface area contributed by atoms with Crippen molar-refractivity contribution in [2.45, 2.75) is 30.8 Å². The summed E-state index contributed by atoms with van der Waals surface area (Å²) in [7, 11) is -3.60. The van der Waals surface area contributed by atoms with E-state index in [9.17, 15) is 26.4 Å². The zero-order chi connectivity index (χ0) is 24.1. The molecule has 2 aromatic carbocycles. The van der Waals surface area contributed by atoms with E-state index in [2.05, 4.69) is 5.32 Å². The van der Waals surface area contributed by atoms with Crippen LogP contribution < -0.4 is 10.1 Å². The van der Waals surface area contributed by atoms with Gasteiger partial charge in [0.1, 0.15) is 5.75 Å². The van der Waals surface area contributed by atoms with Crippen LogP contribution in [0.3, 0.4) is 0 Å². The number of hydrogen-bond acceptors (Lipinski definition) is 5. The largest absolute Gasteiger partial charge is 0.482 e. The van der Waals surface area contributed by atoms with Crippen molar-refractivity contribution in [3.05, 3.63) is 53.6 Å². The molecule has 0 unspecified atom stereocenters. The molecule has 1 fully saturated rings. The summed E-state index contributed by atoms with van der Waals surface area (Å²) < 4.78 is 74.2. The second-order valence-electron chi connectivity index (χ2n) is 7.61. The van der Waals surface area contributed by atoms with Crippen LogP contribution in [0.25, 0.3) is 0 Å². The van der Waals surface area contributed by atoms with Gasteiger partial charge in [-0.1, -0.05) is 18.2 Å². The first-order valence-corrected chi connectivity index (χ1v) is 11.8. The molecule has 1 N–H and O–H groups in total. The Kier molecular flexibility index (Phi) is 7.98. The molecule has 1 aliphatic heterocycles. The Morgan fingerprint density at radius 3 is 2.42 bits per heavy atom. The number of benzene rings is 2. The lowest BCUT2D eigenvalue weighted by Crippen LogP contribution is -2.40. The number of morpholine rings is 1. The molecular formula is C22H25F3N2O5S. The maximum absolute atomic E-state index is 12.7. The molecule has 1 amide bonds. The lowest BCUT2D eigenvalue weighted by Gasteiger charge is -2.26. The maximum atomic E-state index is 12.7. The Labute approximate surface area is 190 Å². The lowest BCUT2D eigenvalue weighted by atomic mass is 10.1. The number of hydrogen-bond donors (Lipinski definition) is 1. The molecule has 0 saturated carbocycles. The minimum absolute atomic E-state index is 0.0571. The molecule has 180 valence electrons. The van der Waals surface area contributed by atoms with Gasteiger partial charge in [0.2, 0.25) is 15.9 Å². The highest BCUT2D eigenvalue weighted by Crippen LogP contribution is 2.28. The molecule has 33 heavy (non-hydrogen) atoms. The van der Waals surface area contributed by atoms with Crippen LogP contribution in [-0.4, -0.2) is 57.7 Å². The van der Waals surface area contributed by atoms with E-state index < -0.39 is 28.7 Å². The average molecular weight is 487 g/mol. The van der Waals surface area contributed by atoms with Crippen LogP contribution >= 0.6 is 0 Å². The Morgan fingerprint density at radius 2 is 1.79 bits per heavy atom. The molecule has 11 heteroatoms. The third-order valence-electron chi connectivity index (χ3n) is 4.97. The van der Waals surface area contributed by atoms with E-state index in [-0.39, 0.29) is 22.8 Å². The van der Waals surface area contributed by atoms with Gasteiger partial charge in [0.15, 0.2) is 6.61 Å². The number of nitrogens with zero attached hydrogens (tertiary/aromatic N) is 1. The molecule has 0 spiro atoms. The predicted octanol–water partition coefficient (Wildman–Crippen LogP) is 3.53.